The van der Waals surface area contributed by atoms with Gasteiger partial charge >= 0.3 is 5.69 Å². The summed E-state index contributed by atoms with van der Waals surface area (Å²) in [6, 6.07) is 14.2. The number of aromatic amines is 1. The molecule has 0 aliphatic carbocycles. The number of rotatable bonds is 5. The fourth-order valence-corrected chi connectivity index (χ4v) is 3.60. The van der Waals surface area contributed by atoms with Gasteiger partial charge in [0.2, 0.25) is 5.95 Å². The summed E-state index contributed by atoms with van der Waals surface area (Å²) in [7, 11) is 1.59. The number of fused-ring (bicyclic) bond motifs is 2. The van der Waals surface area contributed by atoms with Crippen LogP contribution in [0.3, 0.4) is 0 Å². The maximum Gasteiger partial charge on any atom is 0.329 e. The topological polar surface area (TPSA) is 97.1 Å². The minimum Gasteiger partial charge on any atom is -0.303 e. The fourth-order valence-electron chi connectivity index (χ4n) is 3.60. The highest BCUT2D eigenvalue weighted by atomic mass is 16.2. The van der Waals surface area contributed by atoms with Gasteiger partial charge in [-0.2, -0.15) is 10.1 Å². The summed E-state index contributed by atoms with van der Waals surface area (Å²) in [6.45, 7) is 6.59. The molecule has 0 aliphatic heterocycles. The van der Waals surface area contributed by atoms with Crippen LogP contribution in [0.2, 0.25) is 0 Å². The van der Waals surface area contributed by atoms with E-state index in [2.05, 4.69) is 52.5 Å². The van der Waals surface area contributed by atoms with E-state index in [1.165, 1.54) is 4.57 Å². The molecule has 0 saturated heterocycles. The van der Waals surface area contributed by atoms with Crippen molar-refractivity contribution < 1.29 is 0 Å². The number of hydrogen-bond acceptors (Lipinski definition) is 5. The van der Waals surface area contributed by atoms with Gasteiger partial charge in [0, 0.05) is 19.2 Å². The number of H-pyrrole nitrogens is 1. The summed E-state index contributed by atoms with van der Waals surface area (Å²) in [4.78, 5) is 31.3. The number of nitrogens with one attached hydrogen (secondary N) is 2. The Morgan fingerprint density at radius 2 is 1.90 bits per heavy atom. The zero-order chi connectivity index (χ0) is 21.4. The Hall–Kier alpha value is -3.68. The van der Waals surface area contributed by atoms with Gasteiger partial charge in [0.15, 0.2) is 11.2 Å². The number of aromatic nitrogens is 4. The molecule has 8 nitrogen and oxygen atoms in total. The molecule has 0 spiro atoms. The van der Waals surface area contributed by atoms with Crippen molar-refractivity contribution in [2.24, 2.45) is 18.1 Å². The van der Waals surface area contributed by atoms with E-state index in [1.807, 2.05) is 31.2 Å². The molecule has 0 radical (unpaired) electrons. The van der Waals surface area contributed by atoms with Crippen molar-refractivity contribution in [3.05, 3.63) is 68.9 Å². The average molecular weight is 404 g/mol. The Morgan fingerprint density at radius 3 is 2.67 bits per heavy atom. The van der Waals surface area contributed by atoms with E-state index in [0.29, 0.717) is 23.7 Å². The van der Waals surface area contributed by atoms with Gasteiger partial charge in [-0.25, -0.2) is 10.2 Å². The molecular weight excluding hydrogens is 380 g/mol. The summed E-state index contributed by atoms with van der Waals surface area (Å²) in [5.74, 6) is 0.688. The van der Waals surface area contributed by atoms with Crippen LogP contribution in [0.5, 0.6) is 0 Å². The van der Waals surface area contributed by atoms with E-state index < -0.39 is 11.2 Å². The first-order chi connectivity index (χ1) is 14.4. The zero-order valence-corrected chi connectivity index (χ0v) is 17.4. The molecule has 0 bridgehead atoms. The molecule has 30 heavy (non-hydrogen) atoms. The summed E-state index contributed by atoms with van der Waals surface area (Å²) in [5, 5.41) is 6.79. The maximum absolute atomic E-state index is 12.5. The molecular formula is C22H24N6O2. The van der Waals surface area contributed by atoms with Gasteiger partial charge in [-0.1, -0.05) is 56.3 Å². The molecule has 0 aliphatic rings. The highest BCUT2D eigenvalue weighted by molar-refractivity contribution is 6.09. The molecule has 0 fully saturated rings. The van der Waals surface area contributed by atoms with Gasteiger partial charge < -0.3 is 4.57 Å². The second-order valence-corrected chi connectivity index (χ2v) is 7.77. The first-order valence-electron chi connectivity index (χ1n) is 9.84. The van der Waals surface area contributed by atoms with Gasteiger partial charge in [0.25, 0.3) is 5.56 Å². The summed E-state index contributed by atoms with van der Waals surface area (Å²) >= 11 is 0. The summed E-state index contributed by atoms with van der Waals surface area (Å²) in [6.07, 6.45) is 0. The first kappa shape index (κ1) is 19.6. The number of hydrogen-bond donors (Lipinski definition) is 2. The number of anilines is 1. The predicted octanol–water partition coefficient (Wildman–Crippen LogP) is 3.07. The zero-order valence-electron chi connectivity index (χ0n) is 17.4. The van der Waals surface area contributed by atoms with Crippen molar-refractivity contribution in [3.63, 3.8) is 0 Å². The fraction of sp³-hybridized carbons (Fsp3) is 0.273. The normalized spacial score (nSPS) is 12.2. The van der Waals surface area contributed by atoms with Gasteiger partial charge in [-0.15, -0.1) is 0 Å². The summed E-state index contributed by atoms with van der Waals surface area (Å²) in [5.41, 5.74) is 4.54. The van der Waals surface area contributed by atoms with Gasteiger partial charge in [0.1, 0.15) is 0 Å². The van der Waals surface area contributed by atoms with Crippen molar-refractivity contribution in [2.45, 2.75) is 27.3 Å². The number of aryl methyl sites for hydroxylation is 1. The van der Waals surface area contributed by atoms with Crippen LogP contribution in [-0.2, 0) is 13.6 Å². The average Bonchev–Trinajstić information content (AvgIpc) is 3.08. The molecule has 8 heteroatoms. The Labute approximate surface area is 172 Å². The Kier molecular flexibility index (Phi) is 4.99. The monoisotopic (exact) mass is 404 g/mol. The van der Waals surface area contributed by atoms with E-state index in [-0.39, 0.29) is 5.92 Å². The van der Waals surface area contributed by atoms with Crippen LogP contribution in [-0.4, -0.2) is 24.8 Å². The molecule has 2 aromatic carbocycles. The van der Waals surface area contributed by atoms with Gasteiger partial charge in [0.05, 0.1) is 5.71 Å². The molecule has 0 atom stereocenters. The van der Waals surface area contributed by atoms with Crippen LogP contribution >= 0.6 is 0 Å². The second-order valence-electron chi connectivity index (χ2n) is 7.77. The van der Waals surface area contributed by atoms with Crippen molar-refractivity contribution in [3.8, 4) is 0 Å². The third kappa shape index (κ3) is 3.41. The van der Waals surface area contributed by atoms with Crippen LogP contribution in [0.1, 0.15) is 26.3 Å². The van der Waals surface area contributed by atoms with Crippen molar-refractivity contribution in [1.82, 2.24) is 19.1 Å². The van der Waals surface area contributed by atoms with Crippen molar-refractivity contribution >= 4 is 33.6 Å². The van der Waals surface area contributed by atoms with Gasteiger partial charge in [-0.3, -0.25) is 14.3 Å². The SMILES string of the molecule is CC(=NNc1nc2c(c(=O)[nH]c(=O)n2C)n1CC(C)C)c1cccc2ccccc12. The minimum absolute atomic E-state index is 0.266. The molecule has 0 amide bonds. The standard InChI is InChI=1S/C22H24N6O2/c1-13(2)12-28-18-19(27(4)22(30)24-20(18)29)23-21(28)26-25-14(3)16-11-7-9-15-8-5-6-10-17(15)16/h5-11,13H,12H2,1-4H3,(H,23,26)(H,24,29,30). The highest BCUT2D eigenvalue weighted by Crippen LogP contribution is 2.21. The molecule has 2 aromatic heterocycles. The largest absolute Gasteiger partial charge is 0.329 e. The third-order valence-corrected chi connectivity index (χ3v) is 5.06. The van der Waals surface area contributed by atoms with Crippen LogP contribution < -0.4 is 16.7 Å². The molecule has 154 valence electrons. The smallest absolute Gasteiger partial charge is 0.303 e. The number of nitrogens with zero attached hydrogens (tertiary/aromatic N) is 4. The second kappa shape index (κ2) is 7.62. The minimum atomic E-state index is -0.497. The quantitative estimate of drug-likeness (QED) is 0.395. The van der Waals surface area contributed by atoms with E-state index in [0.717, 1.165) is 22.0 Å². The lowest BCUT2D eigenvalue weighted by atomic mass is 10.0. The third-order valence-electron chi connectivity index (χ3n) is 5.06. The number of hydrazone groups is 1. The van der Waals surface area contributed by atoms with E-state index in [1.54, 1.807) is 11.6 Å². The van der Waals surface area contributed by atoms with E-state index >= 15 is 0 Å². The van der Waals surface area contributed by atoms with Crippen molar-refractivity contribution in [1.29, 1.82) is 0 Å². The number of benzene rings is 2. The Morgan fingerprint density at radius 1 is 1.17 bits per heavy atom. The van der Waals surface area contributed by atoms with Crippen LogP contribution in [0.4, 0.5) is 5.95 Å². The maximum atomic E-state index is 12.5. The number of imidazole rings is 1. The molecule has 4 aromatic rings. The Balaban J connectivity index is 1.81. The molecule has 0 unspecified atom stereocenters. The molecule has 2 N–H and O–H groups in total. The van der Waals surface area contributed by atoms with Crippen LogP contribution in [0.25, 0.3) is 21.9 Å². The van der Waals surface area contributed by atoms with Crippen LogP contribution in [0.15, 0.2) is 57.2 Å². The van der Waals surface area contributed by atoms with E-state index in [9.17, 15) is 9.59 Å². The predicted molar refractivity (Wildman–Crippen MR) is 120 cm³/mol. The molecule has 2 heterocycles. The summed E-state index contributed by atoms with van der Waals surface area (Å²) < 4.78 is 3.11. The highest BCUT2D eigenvalue weighted by Gasteiger charge is 2.18. The molecule has 4 rings (SSSR count). The van der Waals surface area contributed by atoms with Crippen molar-refractivity contribution in [2.75, 3.05) is 5.43 Å². The lowest BCUT2D eigenvalue weighted by molar-refractivity contribution is 0.535. The Bertz CT molecular complexity index is 1390. The first-order valence-corrected chi connectivity index (χ1v) is 9.84. The van der Waals surface area contributed by atoms with E-state index in [4.69, 9.17) is 0 Å². The lowest BCUT2D eigenvalue weighted by Crippen LogP contribution is -2.29. The lowest BCUT2D eigenvalue weighted by Gasteiger charge is -2.11. The van der Waals surface area contributed by atoms with Gasteiger partial charge in [-0.05, 0) is 23.6 Å². The molecule has 0 saturated carbocycles. The van der Waals surface area contributed by atoms with Crippen LogP contribution in [0, 0.1) is 5.92 Å².